The number of primary sulfonamides is 1. The summed E-state index contributed by atoms with van der Waals surface area (Å²) in [4.78, 5) is 20.7. The molecule has 1 aromatic heterocycles. The predicted octanol–water partition coefficient (Wildman–Crippen LogP) is 3.57. The van der Waals surface area contributed by atoms with E-state index in [1.54, 1.807) is 14.0 Å². The number of benzene rings is 2. The van der Waals surface area contributed by atoms with Crippen LogP contribution in [0, 0.1) is 6.92 Å². The number of aromatic nitrogens is 1. The van der Waals surface area contributed by atoms with Crippen LogP contribution in [0.2, 0.25) is 0 Å². The van der Waals surface area contributed by atoms with Gasteiger partial charge in [0.15, 0.2) is 9.34 Å². The molecule has 1 amide bonds. The lowest BCUT2D eigenvalue weighted by Gasteiger charge is -2.18. The highest BCUT2D eigenvalue weighted by Crippen LogP contribution is 2.29. The van der Waals surface area contributed by atoms with E-state index in [2.05, 4.69) is 34.1 Å². The maximum atomic E-state index is 12.7. The van der Waals surface area contributed by atoms with Crippen molar-refractivity contribution in [2.45, 2.75) is 30.4 Å². The van der Waals surface area contributed by atoms with Gasteiger partial charge in [-0.25, -0.2) is 18.5 Å². The molecule has 1 aliphatic rings. The molecule has 32 heavy (non-hydrogen) atoms. The summed E-state index contributed by atoms with van der Waals surface area (Å²) in [6.07, 6.45) is 2.67. The Hall–Kier alpha value is -2.75. The van der Waals surface area contributed by atoms with Gasteiger partial charge in [0.2, 0.25) is 15.9 Å². The first-order chi connectivity index (χ1) is 15.2. The Bertz CT molecular complexity index is 1230. The van der Waals surface area contributed by atoms with Crippen molar-refractivity contribution in [2.24, 2.45) is 5.14 Å². The monoisotopic (exact) mass is 470 g/mol. The summed E-state index contributed by atoms with van der Waals surface area (Å²) in [5.74, 6) is -0.177. The van der Waals surface area contributed by atoms with Crippen LogP contribution in [0.5, 0.6) is 0 Å². The molecule has 1 saturated heterocycles. The molecule has 2 N–H and O–H groups in total. The number of rotatable bonds is 6. The topological polar surface area (TPSA) is 96.6 Å². The molecule has 4 rings (SSSR count). The zero-order valence-corrected chi connectivity index (χ0v) is 19.7. The molecule has 9 heteroatoms. The van der Waals surface area contributed by atoms with Gasteiger partial charge in [0.1, 0.15) is 0 Å². The molecule has 2 heterocycles. The molecule has 0 aliphatic carbocycles. The van der Waals surface area contributed by atoms with E-state index in [0.717, 1.165) is 41.1 Å². The zero-order valence-electron chi connectivity index (χ0n) is 18.1. The van der Waals surface area contributed by atoms with Gasteiger partial charge in [-0.1, -0.05) is 47.7 Å². The molecule has 0 unspecified atom stereocenters. The van der Waals surface area contributed by atoms with Crippen LogP contribution in [0.25, 0.3) is 11.1 Å². The van der Waals surface area contributed by atoms with Crippen LogP contribution in [0.1, 0.15) is 24.1 Å². The number of aryl methyl sites for hydroxylation is 1. The number of carbonyl (C=O) groups is 1. The number of carbonyl (C=O) groups excluding carboxylic acids is 1. The predicted molar refractivity (Wildman–Crippen MR) is 129 cm³/mol. The van der Waals surface area contributed by atoms with Crippen LogP contribution in [0.3, 0.4) is 0 Å². The molecule has 0 bridgehead atoms. The fourth-order valence-electron chi connectivity index (χ4n) is 3.85. The first-order valence-electron chi connectivity index (χ1n) is 10.4. The van der Waals surface area contributed by atoms with Gasteiger partial charge < -0.3 is 4.90 Å². The second-order valence-corrected chi connectivity index (χ2v) is 10.7. The van der Waals surface area contributed by atoms with Crippen LogP contribution in [0.4, 0.5) is 10.8 Å². The number of thiazole rings is 1. The van der Waals surface area contributed by atoms with Crippen molar-refractivity contribution in [2.75, 3.05) is 29.9 Å². The highest BCUT2D eigenvalue weighted by molar-refractivity contribution is 7.91. The van der Waals surface area contributed by atoms with Gasteiger partial charge in [-0.15, -0.1) is 0 Å². The summed E-state index contributed by atoms with van der Waals surface area (Å²) in [6.45, 7) is 3.78. The third kappa shape index (κ3) is 4.85. The van der Waals surface area contributed by atoms with Crippen molar-refractivity contribution >= 4 is 38.1 Å². The first kappa shape index (κ1) is 22.4. The fourth-order valence-corrected chi connectivity index (χ4v) is 5.77. The smallest absolute Gasteiger partial charge is 0.249 e. The average molecular weight is 471 g/mol. The molecular formula is C23H26N4O3S2. The van der Waals surface area contributed by atoms with E-state index in [0.29, 0.717) is 10.8 Å². The van der Waals surface area contributed by atoms with Crippen LogP contribution >= 0.6 is 11.3 Å². The van der Waals surface area contributed by atoms with Crippen molar-refractivity contribution in [3.05, 3.63) is 59.8 Å². The Morgan fingerprint density at radius 1 is 1.12 bits per heavy atom. The summed E-state index contributed by atoms with van der Waals surface area (Å²) in [7, 11) is -2.27. The van der Waals surface area contributed by atoms with E-state index in [1.165, 1.54) is 23.4 Å². The summed E-state index contributed by atoms with van der Waals surface area (Å²) in [6, 6.07) is 16.5. The molecule has 7 nitrogen and oxygen atoms in total. The standard InChI is InChI=1S/C23H26N4O3S2/c1-16-22(32(24,29)30)31-23(25-16)26(2)21(28)14-17-8-10-18(11-9-17)19-6-5-7-20(15-19)27-12-3-4-13-27/h5-11,15H,3-4,12-14H2,1-2H3,(H2,24,29,30). The van der Waals surface area contributed by atoms with Gasteiger partial charge in [0, 0.05) is 25.8 Å². The average Bonchev–Trinajstić information content (AvgIpc) is 3.43. The number of amides is 1. The van der Waals surface area contributed by atoms with Gasteiger partial charge in [0.25, 0.3) is 0 Å². The second-order valence-electron chi connectivity index (χ2n) is 7.99. The Morgan fingerprint density at radius 3 is 2.44 bits per heavy atom. The molecule has 3 aromatic rings. The van der Waals surface area contributed by atoms with Crippen LogP contribution in [0.15, 0.2) is 52.7 Å². The van der Waals surface area contributed by atoms with Crippen molar-refractivity contribution in [1.82, 2.24) is 4.98 Å². The Balaban J connectivity index is 1.46. The number of hydrogen-bond acceptors (Lipinski definition) is 6. The SMILES string of the molecule is Cc1nc(N(C)C(=O)Cc2ccc(-c3cccc(N4CCCC4)c3)cc2)sc1S(N)(=O)=O. The zero-order chi connectivity index (χ0) is 22.9. The maximum absolute atomic E-state index is 12.7. The fraction of sp³-hybridized carbons (Fsp3) is 0.304. The van der Waals surface area contributed by atoms with Gasteiger partial charge in [-0.3, -0.25) is 9.69 Å². The van der Waals surface area contributed by atoms with Gasteiger partial charge in [-0.2, -0.15) is 0 Å². The molecule has 0 atom stereocenters. The number of sulfonamides is 1. The van der Waals surface area contributed by atoms with Crippen molar-refractivity contribution in [1.29, 1.82) is 0 Å². The number of likely N-dealkylation sites (N-methyl/N-ethyl adjacent to an activating group) is 1. The number of anilines is 2. The summed E-state index contributed by atoms with van der Waals surface area (Å²) >= 11 is 0.902. The highest BCUT2D eigenvalue weighted by Gasteiger charge is 2.22. The quantitative estimate of drug-likeness (QED) is 0.594. The molecule has 0 saturated carbocycles. The van der Waals surface area contributed by atoms with E-state index in [-0.39, 0.29) is 16.5 Å². The minimum absolute atomic E-state index is 0.0207. The Morgan fingerprint density at radius 2 is 1.81 bits per heavy atom. The first-order valence-corrected chi connectivity index (χ1v) is 12.8. The van der Waals surface area contributed by atoms with E-state index in [1.807, 2.05) is 24.3 Å². The lowest BCUT2D eigenvalue weighted by molar-refractivity contribution is -0.117. The highest BCUT2D eigenvalue weighted by atomic mass is 32.2. The molecule has 0 spiro atoms. The number of nitrogens with zero attached hydrogens (tertiary/aromatic N) is 3. The normalized spacial score (nSPS) is 14.0. The van der Waals surface area contributed by atoms with Crippen molar-refractivity contribution in [3.63, 3.8) is 0 Å². The number of nitrogens with two attached hydrogens (primary N) is 1. The van der Waals surface area contributed by atoms with Gasteiger partial charge in [0.05, 0.1) is 12.1 Å². The van der Waals surface area contributed by atoms with E-state index in [4.69, 9.17) is 5.14 Å². The molecular weight excluding hydrogens is 444 g/mol. The number of hydrogen-bond donors (Lipinski definition) is 1. The lowest BCUT2D eigenvalue weighted by Crippen LogP contribution is -2.27. The summed E-state index contributed by atoms with van der Waals surface area (Å²) < 4.78 is 23.3. The maximum Gasteiger partial charge on any atom is 0.249 e. The molecule has 1 aliphatic heterocycles. The minimum atomic E-state index is -3.86. The Kier molecular flexibility index (Phi) is 6.32. The van der Waals surface area contributed by atoms with Crippen LogP contribution in [-0.4, -0.2) is 39.4 Å². The third-order valence-corrected chi connectivity index (χ3v) is 8.41. The summed E-state index contributed by atoms with van der Waals surface area (Å²) in [5.41, 5.74) is 4.68. The molecule has 168 valence electrons. The van der Waals surface area contributed by atoms with Gasteiger partial charge >= 0.3 is 0 Å². The third-order valence-electron chi connectivity index (χ3n) is 5.62. The minimum Gasteiger partial charge on any atom is -0.372 e. The molecule has 2 aromatic carbocycles. The van der Waals surface area contributed by atoms with E-state index < -0.39 is 10.0 Å². The van der Waals surface area contributed by atoms with E-state index in [9.17, 15) is 13.2 Å². The van der Waals surface area contributed by atoms with Gasteiger partial charge in [-0.05, 0) is 48.6 Å². The van der Waals surface area contributed by atoms with Crippen LogP contribution in [-0.2, 0) is 21.2 Å². The van der Waals surface area contributed by atoms with Crippen molar-refractivity contribution in [3.8, 4) is 11.1 Å². The second kappa shape index (κ2) is 9.01. The van der Waals surface area contributed by atoms with Crippen molar-refractivity contribution < 1.29 is 13.2 Å². The lowest BCUT2D eigenvalue weighted by atomic mass is 10.0. The van der Waals surface area contributed by atoms with Crippen LogP contribution < -0.4 is 14.9 Å². The molecule has 1 fully saturated rings. The molecule has 0 radical (unpaired) electrons. The summed E-state index contributed by atoms with van der Waals surface area (Å²) in [5, 5.41) is 5.53. The van der Waals surface area contributed by atoms with E-state index >= 15 is 0 Å². The largest absolute Gasteiger partial charge is 0.372 e. The Labute approximate surface area is 192 Å².